The summed E-state index contributed by atoms with van der Waals surface area (Å²) in [5.74, 6) is 0. The lowest BCUT2D eigenvalue weighted by Crippen LogP contribution is -2.56. The summed E-state index contributed by atoms with van der Waals surface area (Å²) in [6, 6.07) is 4.19. The fourth-order valence-corrected chi connectivity index (χ4v) is 3.23. The van der Waals surface area contributed by atoms with Gasteiger partial charge in [-0.05, 0) is 46.2 Å². The fraction of sp³-hybridized carbons (Fsp3) is 0.706. The molecule has 4 heteroatoms. The van der Waals surface area contributed by atoms with Gasteiger partial charge in [0.05, 0.1) is 16.9 Å². The molecule has 0 aliphatic carbocycles. The lowest BCUT2D eigenvalue weighted by Gasteiger charge is -2.47. The average molecular weight is 291 g/mol. The van der Waals surface area contributed by atoms with Gasteiger partial charge >= 0.3 is 0 Å². The van der Waals surface area contributed by atoms with Gasteiger partial charge in [-0.1, -0.05) is 6.92 Å². The van der Waals surface area contributed by atoms with Crippen LogP contribution in [0.15, 0.2) is 18.3 Å². The molecule has 2 rings (SSSR count). The molecule has 1 aromatic heterocycles. The Balaban J connectivity index is 2.03. The first kappa shape index (κ1) is 16.2. The van der Waals surface area contributed by atoms with Crippen LogP contribution in [0.5, 0.6) is 0 Å². The van der Waals surface area contributed by atoms with E-state index in [1.165, 1.54) is 0 Å². The van der Waals surface area contributed by atoms with Crippen LogP contribution in [0.4, 0.5) is 5.69 Å². The minimum absolute atomic E-state index is 0.111. The molecule has 1 aliphatic rings. The second kappa shape index (κ2) is 6.32. The van der Waals surface area contributed by atoms with Crippen LogP contribution in [-0.4, -0.2) is 40.7 Å². The number of pyridine rings is 1. The number of rotatable bonds is 5. The Morgan fingerprint density at radius 2 is 1.90 bits per heavy atom. The number of anilines is 1. The highest BCUT2D eigenvalue weighted by molar-refractivity contribution is 5.43. The molecule has 0 atom stereocenters. The predicted octanol–water partition coefficient (Wildman–Crippen LogP) is 3.29. The fourth-order valence-electron chi connectivity index (χ4n) is 3.23. The van der Waals surface area contributed by atoms with Gasteiger partial charge in [0, 0.05) is 38.1 Å². The molecule has 0 amide bonds. The van der Waals surface area contributed by atoms with Crippen molar-refractivity contribution >= 4 is 5.69 Å². The Morgan fingerprint density at radius 1 is 1.24 bits per heavy atom. The third-order valence-corrected chi connectivity index (χ3v) is 3.54. The van der Waals surface area contributed by atoms with Crippen LogP contribution in [0, 0.1) is 0 Å². The molecule has 0 unspecified atom stereocenters. The van der Waals surface area contributed by atoms with Gasteiger partial charge in [0.1, 0.15) is 0 Å². The van der Waals surface area contributed by atoms with Crippen LogP contribution in [0.3, 0.4) is 0 Å². The van der Waals surface area contributed by atoms with E-state index in [2.05, 4.69) is 55.9 Å². The van der Waals surface area contributed by atoms with Gasteiger partial charge in [0.15, 0.2) is 0 Å². The van der Waals surface area contributed by atoms with Crippen LogP contribution < -0.4 is 5.32 Å². The van der Waals surface area contributed by atoms with Crippen molar-refractivity contribution in [2.45, 2.75) is 58.8 Å². The van der Waals surface area contributed by atoms with Crippen molar-refractivity contribution in [1.29, 1.82) is 0 Å². The molecular formula is C17H29N3O. The largest absolute Gasteiger partial charge is 0.385 e. The summed E-state index contributed by atoms with van der Waals surface area (Å²) >= 11 is 0. The van der Waals surface area contributed by atoms with Gasteiger partial charge in [-0.2, -0.15) is 0 Å². The van der Waals surface area contributed by atoms with Gasteiger partial charge in [0.25, 0.3) is 0 Å². The first-order valence-corrected chi connectivity index (χ1v) is 7.91. The topological polar surface area (TPSA) is 37.4 Å². The maximum Gasteiger partial charge on any atom is 0.0760 e. The first-order valence-electron chi connectivity index (χ1n) is 7.91. The normalized spacial score (nSPS) is 21.2. The highest BCUT2D eigenvalue weighted by atomic mass is 16.5. The van der Waals surface area contributed by atoms with Crippen molar-refractivity contribution in [3.63, 3.8) is 0 Å². The average Bonchev–Trinajstić information content (AvgIpc) is 2.33. The van der Waals surface area contributed by atoms with Crippen molar-refractivity contribution in [1.82, 2.24) is 9.88 Å². The molecular weight excluding hydrogens is 262 g/mol. The number of nitrogens with one attached hydrogen (secondary N) is 1. The van der Waals surface area contributed by atoms with Crippen molar-refractivity contribution < 1.29 is 4.74 Å². The molecule has 1 aromatic rings. The van der Waals surface area contributed by atoms with E-state index in [1.807, 2.05) is 12.3 Å². The molecule has 21 heavy (non-hydrogen) atoms. The molecule has 1 fully saturated rings. The maximum absolute atomic E-state index is 6.13. The number of hydrogen-bond acceptors (Lipinski definition) is 4. The molecule has 4 nitrogen and oxygen atoms in total. The molecule has 1 N–H and O–H groups in total. The minimum atomic E-state index is -0.111. The van der Waals surface area contributed by atoms with Crippen LogP contribution in [0.1, 0.15) is 46.7 Å². The van der Waals surface area contributed by atoms with E-state index in [0.717, 1.165) is 44.0 Å². The van der Waals surface area contributed by atoms with Crippen LogP contribution in [0.2, 0.25) is 0 Å². The Kier molecular flexibility index (Phi) is 4.89. The van der Waals surface area contributed by atoms with E-state index in [1.54, 1.807) is 0 Å². The van der Waals surface area contributed by atoms with Gasteiger partial charge in [-0.15, -0.1) is 0 Å². The lowest BCUT2D eigenvalue weighted by atomic mass is 9.99. The highest BCUT2D eigenvalue weighted by Crippen LogP contribution is 2.28. The Labute approximate surface area is 128 Å². The van der Waals surface area contributed by atoms with Crippen molar-refractivity contribution in [2.75, 3.05) is 25.0 Å². The molecule has 0 aromatic carbocycles. The molecule has 1 saturated heterocycles. The molecule has 0 radical (unpaired) electrons. The van der Waals surface area contributed by atoms with Crippen molar-refractivity contribution in [3.8, 4) is 0 Å². The third-order valence-electron chi connectivity index (χ3n) is 3.54. The minimum Gasteiger partial charge on any atom is -0.385 e. The lowest BCUT2D eigenvalue weighted by molar-refractivity contribution is -0.182. The van der Waals surface area contributed by atoms with Crippen LogP contribution in [-0.2, 0) is 11.3 Å². The van der Waals surface area contributed by atoms with E-state index in [9.17, 15) is 0 Å². The van der Waals surface area contributed by atoms with E-state index in [4.69, 9.17) is 4.74 Å². The molecule has 0 bridgehead atoms. The smallest absolute Gasteiger partial charge is 0.0760 e. The zero-order valence-corrected chi connectivity index (χ0v) is 14.1. The van der Waals surface area contributed by atoms with E-state index in [-0.39, 0.29) is 11.2 Å². The summed E-state index contributed by atoms with van der Waals surface area (Å²) in [4.78, 5) is 6.95. The zero-order valence-electron chi connectivity index (χ0n) is 14.1. The predicted molar refractivity (Wildman–Crippen MR) is 87.5 cm³/mol. The number of aromatic nitrogens is 1. The molecule has 2 heterocycles. The second-order valence-electron chi connectivity index (χ2n) is 7.23. The molecule has 0 spiro atoms. The zero-order chi connectivity index (χ0) is 15.5. The number of morpholine rings is 1. The van der Waals surface area contributed by atoms with Gasteiger partial charge < -0.3 is 10.1 Å². The van der Waals surface area contributed by atoms with Crippen molar-refractivity contribution in [2.24, 2.45) is 0 Å². The first-order chi connectivity index (χ1) is 9.80. The summed E-state index contributed by atoms with van der Waals surface area (Å²) in [5, 5.41) is 3.42. The maximum atomic E-state index is 6.13. The Bertz CT molecular complexity index is 455. The van der Waals surface area contributed by atoms with E-state index >= 15 is 0 Å². The number of ether oxygens (including phenoxy) is 1. The number of nitrogens with zero attached hydrogens (tertiary/aromatic N) is 2. The summed E-state index contributed by atoms with van der Waals surface area (Å²) < 4.78 is 6.13. The second-order valence-corrected chi connectivity index (χ2v) is 7.23. The number of hydrogen-bond donors (Lipinski definition) is 1. The summed E-state index contributed by atoms with van der Waals surface area (Å²) in [7, 11) is 0. The van der Waals surface area contributed by atoms with Gasteiger partial charge in [0.2, 0.25) is 0 Å². The highest BCUT2D eigenvalue weighted by Gasteiger charge is 2.37. The third kappa shape index (κ3) is 4.97. The standard InChI is InChI=1S/C17H29N3O/c1-6-8-18-14-7-9-19-15(10-14)11-20-12-16(2,3)21-17(4,5)13-20/h7,9-10H,6,8,11-13H2,1-5H3,(H,18,19). The van der Waals surface area contributed by atoms with Crippen LogP contribution in [0.25, 0.3) is 0 Å². The van der Waals surface area contributed by atoms with Gasteiger partial charge in [-0.25, -0.2) is 0 Å². The summed E-state index contributed by atoms with van der Waals surface area (Å²) in [6.45, 7) is 14.6. The summed E-state index contributed by atoms with van der Waals surface area (Å²) in [6.07, 6.45) is 3.02. The van der Waals surface area contributed by atoms with E-state index in [0.29, 0.717) is 0 Å². The Hall–Kier alpha value is -1.13. The summed E-state index contributed by atoms with van der Waals surface area (Å²) in [5.41, 5.74) is 2.05. The van der Waals surface area contributed by atoms with Crippen LogP contribution >= 0.6 is 0 Å². The Morgan fingerprint density at radius 3 is 2.52 bits per heavy atom. The SMILES string of the molecule is CCCNc1ccnc(CN2CC(C)(C)OC(C)(C)C2)c1. The molecule has 1 aliphatic heterocycles. The van der Waals surface area contributed by atoms with E-state index < -0.39 is 0 Å². The quantitative estimate of drug-likeness (QED) is 0.903. The van der Waals surface area contributed by atoms with Gasteiger partial charge in [-0.3, -0.25) is 9.88 Å². The monoisotopic (exact) mass is 291 g/mol. The van der Waals surface area contributed by atoms with Crippen molar-refractivity contribution in [3.05, 3.63) is 24.0 Å². The molecule has 118 valence electrons. The molecule has 0 saturated carbocycles.